The Morgan fingerprint density at radius 3 is 1.95 bits per heavy atom. The average molecular weight is 811 g/mol. The molecule has 0 bridgehead atoms. The number of carbonyl (C=O) groups excluding carboxylic acids is 3. The van der Waals surface area contributed by atoms with Crippen molar-refractivity contribution in [1.29, 1.82) is 0 Å². The van der Waals surface area contributed by atoms with Gasteiger partial charge in [-0.25, -0.2) is 22.7 Å². The number of hydrogen-bond acceptors (Lipinski definition) is 8. The van der Waals surface area contributed by atoms with Gasteiger partial charge in [0.2, 0.25) is 15.9 Å². The minimum atomic E-state index is -3.97. The molecule has 5 rings (SSSR count). The van der Waals surface area contributed by atoms with Crippen molar-refractivity contribution in [1.82, 2.24) is 10.0 Å². The summed E-state index contributed by atoms with van der Waals surface area (Å²) in [6, 6.07) is 34.6. The van der Waals surface area contributed by atoms with Crippen molar-refractivity contribution < 1.29 is 36.7 Å². The van der Waals surface area contributed by atoms with Crippen LogP contribution in [0.3, 0.4) is 0 Å². The molecule has 4 aromatic carbocycles. The fraction of sp³-hybridized carbons (Fsp3) is 0.356. The van der Waals surface area contributed by atoms with E-state index in [1.54, 1.807) is 56.3 Å². The lowest BCUT2D eigenvalue weighted by atomic mass is 9.72. The van der Waals surface area contributed by atoms with Crippen LogP contribution in [0.25, 0.3) is 0 Å². The molecule has 1 saturated heterocycles. The molecule has 12 heteroatoms. The molecule has 1 aliphatic rings. The maximum Gasteiger partial charge on any atom is 0.338 e. The largest absolute Gasteiger partial charge is 0.464 e. The zero-order chi connectivity index (χ0) is 41.4. The summed E-state index contributed by atoms with van der Waals surface area (Å²) in [5.41, 5.74) is -0.167. The van der Waals surface area contributed by atoms with Crippen LogP contribution in [-0.2, 0) is 33.5 Å². The summed E-state index contributed by atoms with van der Waals surface area (Å²) in [6.07, 6.45) is -1.24. The van der Waals surface area contributed by atoms with E-state index in [4.69, 9.17) is 13.9 Å². The standard InChI is InChI=1S/C45H54N2O8SSi/c1-8-53-43(50)45(39(38(30-32(2)3)41(48)47-45)28-29-46-56(51,52)35-26-24-33(4)25-27-35)40(55-42(49)34-18-12-9-13-19-34)31-54-57(44(5,6)7,36-20-14-10-15-21-36)37-22-16-11-17-23-37/h9-27,38-40,46H,2,8,28-31H2,1,3-7H3,(H,47,48)/t38-,39+,40+,45+/m1/s1. The molecule has 1 amide bonds. The molecule has 4 atom stereocenters. The van der Waals surface area contributed by atoms with Gasteiger partial charge in [-0.2, -0.15) is 0 Å². The van der Waals surface area contributed by atoms with Gasteiger partial charge in [-0.15, -0.1) is 6.58 Å². The smallest absolute Gasteiger partial charge is 0.338 e. The predicted molar refractivity (Wildman–Crippen MR) is 224 cm³/mol. The second kappa shape index (κ2) is 18.1. The number of sulfonamides is 1. The molecule has 10 nitrogen and oxygen atoms in total. The second-order valence-electron chi connectivity index (χ2n) is 15.7. The van der Waals surface area contributed by atoms with Crippen LogP contribution < -0.4 is 20.4 Å². The van der Waals surface area contributed by atoms with Crippen LogP contribution in [-0.4, -0.2) is 66.0 Å². The van der Waals surface area contributed by atoms with Crippen molar-refractivity contribution in [2.75, 3.05) is 19.8 Å². The van der Waals surface area contributed by atoms with Gasteiger partial charge < -0.3 is 19.2 Å². The molecule has 302 valence electrons. The summed E-state index contributed by atoms with van der Waals surface area (Å²) in [5, 5.41) is 4.41. The summed E-state index contributed by atoms with van der Waals surface area (Å²) < 4.78 is 49.1. The van der Waals surface area contributed by atoms with Crippen LogP contribution in [0, 0.1) is 18.8 Å². The Labute approximate surface area is 338 Å². The summed E-state index contributed by atoms with van der Waals surface area (Å²) in [7, 11) is -7.28. The molecule has 0 aromatic heterocycles. The minimum Gasteiger partial charge on any atom is -0.464 e. The van der Waals surface area contributed by atoms with Crippen LogP contribution in [0.1, 0.15) is 63.4 Å². The number of esters is 2. The highest BCUT2D eigenvalue weighted by molar-refractivity contribution is 7.89. The number of carbonyl (C=O) groups is 3. The van der Waals surface area contributed by atoms with Gasteiger partial charge in [0.15, 0.2) is 11.6 Å². The van der Waals surface area contributed by atoms with Crippen LogP contribution >= 0.6 is 0 Å². The summed E-state index contributed by atoms with van der Waals surface area (Å²) in [6.45, 7) is 15.2. The SMILES string of the molecule is C=C(C)C[C@H]1C(=O)N[C@](C(=O)OCC)([C@H](CO[Si](c2ccccc2)(c2ccccc2)C(C)(C)C)OC(=O)c2ccccc2)[C@H]1CCNS(=O)(=O)c1ccc(C)cc1. The van der Waals surface area contributed by atoms with E-state index in [0.29, 0.717) is 5.57 Å². The normalized spacial score (nSPS) is 19.0. The fourth-order valence-corrected chi connectivity index (χ4v) is 13.6. The third kappa shape index (κ3) is 9.31. The summed E-state index contributed by atoms with van der Waals surface area (Å²) >= 11 is 0. The molecule has 0 radical (unpaired) electrons. The van der Waals surface area contributed by atoms with Crippen molar-refractivity contribution in [3.8, 4) is 0 Å². The minimum absolute atomic E-state index is 0.000801. The number of allylic oxidation sites excluding steroid dienone is 1. The van der Waals surface area contributed by atoms with Gasteiger partial charge in [0.05, 0.1) is 23.7 Å². The molecular weight excluding hydrogens is 757 g/mol. The lowest BCUT2D eigenvalue weighted by Gasteiger charge is -2.45. The van der Waals surface area contributed by atoms with Crippen molar-refractivity contribution >= 4 is 46.6 Å². The Morgan fingerprint density at radius 1 is 0.895 bits per heavy atom. The highest BCUT2D eigenvalue weighted by atomic mass is 32.2. The number of ether oxygens (including phenoxy) is 2. The number of benzene rings is 4. The fourth-order valence-electron chi connectivity index (χ4n) is 7.97. The first kappa shape index (κ1) is 43.2. The molecule has 1 aliphatic heterocycles. The molecule has 1 fully saturated rings. The molecule has 0 saturated carbocycles. The molecule has 2 N–H and O–H groups in total. The van der Waals surface area contributed by atoms with E-state index < -0.39 is 64.7 Å². The highest BCUT2D eigenvalue weighted by Gasteiger charge is 2.64. The van der Waals surface area contributed by atoms with Crippen molar-refractivity contribution in [2.45, 2.75) is 76.0 Å². The van der Waals surface area contributed by atoms with E-state index >= 15 is 0 Å². The van der Waals surface area contributed by atoms with Crippen molar-refractivity contribution in [3.63, 3.8) is 0 Å². The summed E-state index contributed by atoms with van der Waals surface area (Å²) in [5.74, 6) is -3.79. The number of amides is 1. The maximum atomic E-state index is 14.8. The van der Waals surface area contributed by atoms with E-state index in [0.717, 1.165) is 15.9 Å². The quantitative estimate of drug-likeness (QED) is 0.0743. The number of rotatable bonds is 17. The van der Waals surface area contributed by atoms with Crippen LogP contribution in [0.4, 0.5) is 0 Å². The van der Waals surface area contributed by atoms with Gasteiger partial charge >= 0.3 is 11.9 Å². The first-order valence-corrected chi connectivity index (χ1v) is 22.7. The van der Waals surface area contributed by atoms with Gasteiger partial charge in [0.1, 0.15) is 0 Å². The van der Waals surface area contributed by atoms with E-state index in [2.05, 4.69) is 37.4 Å². The third-order valence-corrected chi connectivity index (χ3v) is 17.1. The Morgan fingerprint density at radius 2 is 1.44 bits per heavy atom. The third-order valence-electron chi connectivity index (χ3n) is 10.6. The zero-order valence-corrected chi connectivity index (χ0v) is 35.4. The average Bonchev–Trinajstić information content (AvgIpc) is 3.45. The maximum absolute atomic E-state index is 14.8. The van der Waals surface area contributed by atoms with E-state index in [-0.39, 0.29) is 43.1 Å². The molecule has 4 aromatic rings. The highest BCUT2D eigenvalue weighted by Crippen LogP contribution is 2.44. The number of nitrogens with one attached hydrogen (secondary N) is 2. The van der Waals surface area contributed by atoms with Crippen LogP contribution in [0.2, 0.25) is 5.04 Å². The van der Waals surface area contributed by atoms with Gasteiger partial charge in [-0.3, -0.25) is 4.79 Å². The predicted octanol–water partition coefficient (Wildman–Crippen LogP) is 6.10. The summed E-state index contributed by atoms with van der Waals surface area (Å²) in [4.78, 5) is 43.2. The van der Waals surface area contributed by atoms with Crippen LogP contribution in [0.15, 0.2) is 132 Å². The number of aryl methyl sites for hydroxylation is 1. The number of hydrogen-bond donors (Lipinski definition) is 2. The van der Waals surface area contributed by atoms with Gasteiger partial charge in [0, 0.05) is 18.4 Å². The zero-order valence-electron chi connectivity index (χ0n) is 33.6. The van der Waals surface area contributed by atoms with E-state index in [9.17, 15) is 22.8 Å². The van der Waals surface area contributed by atoms with Gasteiger partial charge in [0.25, 0.3) is 8.32 Å². The lowest BCUT2D eigenvalue weighted by molar-refractivity contribution is -0.161. The molecular formula is C45H54N2O8SSi. The Bertz CT molecular complexity index is 2090. The molecule has 0 spiro atoms. The van der Waals surface area contributed by atoms with Crippen molar-refractivity contribution in [3.05, 3.63) is 139 Å². The first-order valence-electron chi connectivity index (χ1n) is 19.3. The Kier molecular flexibility index (Phi) is 13.8. The topological polar surface area (TPSA) is 137 Å². The monoisotopic (exact) mass is 810 g/mol. The van der Waals surface area contributed by atoms with Crippen LogP contribution in [0.5, 0.6) is 0 Å². The molecule has 0 unspecified atom stereocenters. The molecule has 1 heterocycles. The molecule has 0 aliphatic carbocycles. The Hall–Kier alpha value is -4.88. The molecule has 57 heavy (non-hydrogen) atoms. The first-order chi connectivity index (χ1) is 27.1. The van der Waals surface area contributed by atoms with E-state index in [1.807, 2.05) is 67.6 Å². The van der Waals surface area contributed by atoms with Crippen molar-refractivity contribution in [2.24, 2.45) is 11.8 Å². The van der Waals surface area contributed by atoms with Gasteiger partial charge in [-0.05, 0) is 73.3 Å². The van der Waals surface area contributed by atoms with E-state index in [1.165, 1.54) is 12.1 Å². The van der Waals surface area contributed by atoms with Gasteiger partial charge in [-0.1, -0.05) is 123 Å². The Balaban J connectivity index is 1.67. The second-order valence-corrected chi connectivity index (χ2v) is 21.8. The lowest BCUT2D eigenvalue weighted by Crippen LogP contribution is -2.70.